The van der Waals surface area contributed by atoms with Crippen molar-refractivity contribution in [2.45, 2.75) is 26.6 Å². The number of hydrogen-bond donors (Lipinski definition) is 1. The zero-order chi connectivity index (χ0) is 19.9. The van der Waals surface area contributed by atoms with E-state index < -0.39 is 0 Å². The van der Waals surface area contributed by atoms with E-state index in [1.165, 1.54) is 23.3 Å². The van der Waals surface area contributed by atoms with Crippen molar-refractivity contribution in [2.75, 3.05) is 7.11 Å². The van der Waals surface area contributed by atoms with E-state index in [4.69, 9.17) is 9.47 Å². The molecule has 0 aliphatic heterocycles. The molecule has 0 radical (unpaired) electrons. The summed E-state index contributed by atoms with van der Waals surface area (Å²) >= 11 is 3.58. The molecule has 0 atom stereocenters. The van der Waals surface area contributed by atoms with Crippen LogP contribution in [-0.2, 0) is 19.7 Å². The highest BCUT2D eigenvalue weighted by Gasteiger charge is 2.12. The molecule has 28 heavy (non-hydrogen) atoms. The number of aryl methyl sites for hydroxylation is 1. The van der Waals surface area contributed by atoms with Crippen LogP contribution >= 0.6 is 15.9 Å². The van der Waals surface area contributed by atoms with Crippen LogP contribution in [0.4, 0.5) is 4.39 Å². The molecule has 0 aromatic heterocycles. The molecule has 0 saturated heterocycles. The Balaban J connectivity index is 1.63. The van der Waals surface area contributed by atoms with Crippen LogP contribution in [0.15, 0.2) is 65.1 Å². The molecule has 0 heterocycles. The Morgan fingerprint density at radius 1 is 0.893 bits per heavy atom. The lowest BCUT2D eigenvalue weighted by atomic mass is 10.1. The standard InChI is InChI=1S/C23H23BrFNO2/c1-16-3-5-17(6-4-16)13-26-14-19-11-21(24)23(22(12-19)27-2)28-15-18-7-9-20(25)10-8-18/h3-12,26H,13-15H2,1-2H3. The molecule has 3 nitrogen and oxygen atoms in total. The van der Waals surface area contributed by atoms with Gasteiger partial charge in [0.1, 0.15) is 12.4 Å². The van der Waals surface area contributed by atoms with Gasteiger partial charge in [-0.25, -0.2) is 4.39 Å². The smallest absolute Gasteiger partial charge is 0.175 e. The molecular weight excluding hydrogens is 421 g/mol. The molecule has 1 N–H and O–H groups in total. The molecule has 3 aromatic rings. The van der Waals surface area contributed by atoms with Gasteiger partial charge in [-0.05, 0) is 63.8 Å². The van der Waals surface area contributed by atoms with Crippen LogP contribution in [0.25, 0.3) is 0 Å². The summed E-state index contributed by atoms with van der Waals surface area (Å²) in [4.78, 5) is 0. The molecule has 0 fully saturated rings. The summed E-state index contributed by atoms with van der Waals surface area (Å²) in [5.41, 5.74) is 4.48. The third-order valence-corrected chi connectivity index (χ3v) is 4.95. The minimum atomic E-state index is -0.259. The van der Waals surface area contributed by atoms with Gasteiger partial charge in [-0.2, -0.15) is 0 Å². The van der Waals surface area contributed by atoms with E-state index in [1.54, 1.807) is 19.2 Å². The van der Waals surface area contributed by atoms with Crippen molar-refractivity contribution in [1.82, 2.24) is 5.32 Å². The van der Waals surface area contributed by atoms with E-state index in [2.05, 4.69) is 52.4 Å². The summed E-state index contributed by atoms with van der Waals surface area (Å²) in [6.45, 7) is 3.92. The molecule has 0 aliphatic rings. The van der Waals surface area contributed by atoms with E-state index >= 15 is 0 Å². The van der Waals surface area contributed by atoms with Crippen LogP contribution in [0.3, 0.4) is 0 Å². The maximum Gasteiger partial charge on any atom is 0.175 e. The fourth-order valence-corrected chi connectivity index (χ4v) is 3.41. The second kappa shape index (κ2) is 9.71. The average molecular weight is 444 g/mol. The summed E-state index contributed by atoms with van der Waals surface area (Å²) < 4.78 is 25.3. The fraction of sp³-hybridized carbons (Fsp3) is 0.217. The fourth-order valence-electron chi connectivity index (χ4n) is 2.81. The van der Waals surface area contributed by atoms with Crippen LogP contribution in [-0.4, -0.2) is 7.11 Å². The number of halogens is 2. The molecule has 146 valence electrons. The van der Waals surface area contributed by atoms with Gasteiger partial charge in [-0.15, -0.1) is 0 Å². The maximum atomic E-state index is 13.0. The second-order valence-electron chi connectivity index (χ2n) is 6.61. The monoisotopic (exact) mass is 443 g/mol. The average Bonchev–Trinajstić information content (AvgIpc) is 2.69. The molecule has 0 aliphatic carbocycles. The Morgan fingerprint density at radius 3 is 2.21 bits per heavy atom. The predicted octanol–water partition coefficient (Wildman–Crippen LogP) is 5.77. The van der Waals surface area contributed by atoms with Crippen LogP contribution in [0.2, 0.25) is 0 Å². The number of ether oxygens (including phenoxy) is 2. The lowest BCUT2D eigenvalue weighted by Gasteiger charge is -2.15. The Bertz CT molecular complexity index is 911. The van der Waals surface area contributed by atoms with Crippen molar-refractivity contribution in [1.29, 1.82) is 0 Å². The van der Waals surface area contributed by atoms with Crippen LogP contribution in [0, 0.1) is 12.7 Å². The molecule has 3 rings (SSSR count). The van der Waals surface area contributed by atoms with Crippen molar-refractivity contribution in [3.8, 4) is 11.5 Å². The normalized spacial score (nSPS) is 10.7. The Kier molecular flexibility index (Phi) is 7.06. The van der Waals surface area contributed by atoms with E-state index in [9.17, 15) is 4.39 Å². The van der Waals surface area contributed by atoms with Crippen molar-refractivity contribution in [3.63, 3.8) is 0 Å². The first-order valence-electron chi connectivity index (χ1n) is 9.05. The van der Waals surface area contributed by atoms with Gasteiger partial charge in [-0.1, -0.05) is 42.0 Å². The Labute approximate surface area is 173 Å². The van der Waals surface area contributed by atoms with E-state index in [1.807, 2.05) is 12.1 Å². The lowest BCUT2D eigenvalue weighted by Crippen LogP contribution is -2.13. The minimum absolute atomic E-state index is 0.259. The number of benzene rings is 3. The second-order valence-corrected chi connectivity index (χ2v) is 7.47. The van der Waals surface area contributed by atoms with Gasteiger partial charge in [0.25, 0.3) is 0 Å². The van der Waals surface area contributed by atoms with E-state index in [0.717, 1.165) is 22.1 Å². The predicted molar refractivity (Wildman–Crippen MR) is 113 cm³/mol. The molecule has 0 saturated carbocycles. The molecule has 0 spiro atoms. The van der Waals surface area contributed by atoms with Gasteiger partial charge >= 0.3 is 0 Å². The topological polar surface area (TPSA) is 30.5 Å². The van der Waals surface area contributed by atoms with Gasteiger partial charge in [0.2, 0.25) is 0 Å². The minimum Gasteiger partial charge on any atom is -0.493 e. The van der Waals surface area contributed by atoms with E-state index in [0.29, 0.717) is 24.7 Å². The SMILES string of the molecule is COc1cc(CNCc2ccc(C)cc2)cc(Br)c1OCc1ccc(F)cc1. The molecule has 0 unspecified atom stereocenters. The molecular formula is C23H23BrFNO2. The highest BCUT2D eigenvalue weighted by Crippen LogP contribution is 2.37. The van der Waals surface area contributed by atoms with Crippen molar-refractivity contribution >= 4 is 15.9 Å². The number of hydrogen-bond acceptors (Lipinski definition) is 3. The highest BCUT2D eigenvalue weighted by atomic mass is 79.9. The largest absolute Gasteiger partial charge is 0.493 e. The molecule has 3 aromatic carbocycles. The van der Waals surface area contributed by atoms with Gasteiger partial charge in [0.05, 0.1) is 11.6 Å². The maximum absolute atomic E-state index is 13.0. The molecule has 5 heteroatoms. The first-order valence-corrected chi connectivity index (χ1v) is 9.84. The zero-order valence-corrected chi connectivity index (χ0v) is 17.6. The summed E-state index contributed by atoms with van der Waals surface area (Å²) in [5, 5.41) is 3.45. The summed E-state index contributed by atoms with van der Waals surface area (Å²) in [5.74, 6) is 1.03. The van der Waals surface area contributed by atoms with Crippen molar-refractivity contribution in [3.05, 3.63) is 93.2 Å². The first-order chi connectivity index (χ1) is 13.5. The van der Waals surface area contributed by atoms with Crippen LogP contribution in [0.5, 0.6) is 11.5 Å². The van der Waals surface area contributed by atoms with Gasteiger partial charge in [-0.3, -0.25) is 0 Å². The Morgan fingerprint density at radius 2 is 1.54 bits per heavy atom. The summed E-state index contributed by atoms with van der Waals surface area (Å²) in [6, 6.07) is 18.7. The lowest BCUT2D eigenvalue weighted by molar-refractivity contribution is 0.282. The third kappa shape index (κ3) is 5.57. The molecule has 0 bridgehead atoms. The van der Waals surface area contributed by atoms with Gasteiger partial charge < -0.3 is 14.8 Å². The van der Waals surface area contributed by atoms with Gasteiger partial charge in [0.15, 0.2) is 11.5 Å². The van der Waals surface area contributed by atoms with Gasteiger partial charge in [0, 0.05) is 13.1 Å². The first kappa shape index (κ1) is 20.4. The van der Waals surface area contributed by atoms with Crippen LogP contribution in [0.1, 0.15) is 22.3 Å². The number of nitrogens with one attached hydrogen (secondary N) is 1. The quantitative estimate of drug-likeness (QED) is 0.478. The highest BCUT2D eigenvalue weighted by molar-refractivity contribution is 9.10. The van der Waals surface area contributed by atoms with E-state index in [-0.39, 0.29) is 5.82 Å². The summed E-state index contributed by atoms with van der Waals surface area (Å²) in [6.07, 6.45) is 0. The Hall–Kier alpha value is -2.37. The number of methoxy groups -OCH3 is 1. The van der Waals surface area contributed by atoms with Crippen molar-refractivity contribution < 1.29 is 13.9 Å². The molecule has 0 amide bonds. The van der Waals surface area contributed by atoms with Crippen molar-refractivity contribution in [2.24, 2.45) is 0 Å². The summed E-state index contributed by atoms with van der Waals surface area (Å²) in [7, 11) is 1.62. The zero-order valence-electron chi connectivity index (χ0n) is 16.0. The van der Waals surface area contributed by atoms with Crippen LogP contribution < -0.4 is 14.8 Å². The third-order valence-electron chi connectivity index (χ3n) is 4.36. The number of rotatable bonds is 8.